The highest BCUT2D eigenvalue weighted by Gasteiger charge is 2.31. The van der Waals surface area contributed by atoms with Crippen molar-refractivity contribution in [1.82, 2.24) is 19.8 Å². The zero-order valence-corrected chi connectivity index (χ0v) is 34.7. The molecule has 2 aliphatic carbocycles. The number of piperazine rings is 2. The van der Waals surface area contributed by atoms with Crippen molar-refractivity contribution in [1.29, 1.82) is 0 Å². The first kappa shape index (κ1) is 41.2. The third-order valence-corrected chi connectivity index (χ3v) is 14.0. The summed E-state index contributed by atoms with van der Waals surface area (Å²) in [5, 5.41) is 19.4. The average Bonchev–Trinajstić information content (AvgIpc) is 3.21. The predicted molar refractivity (Wildman–Crippen MR) is 228 cm³/mol. The van der Waals surface area contributed by atoms with Gasteiger partial charge in [-0.1, -0.05) is 43.2 Å². The Morgan fingerprint density at radius 2 is 1.61 bits per heavy atom. The van der Waals surface area contributed by atoms with Gasteiger partial charge in [0, 0.05) is 93.8 Å². The van der Waals surface area contributed by atoms with E-state index < -0.39 is 20.9 Å². The standard InChI is InChI=1S/C43H56ClN7O5S/c1-43(2)18-17-39(32-5-9-35(44)10-6-32)34(28-43)30-48-23-25-50(26-24-48)37-13-7-33(8-14-37)42(52)47-57(55,56)38-15-16-40(41(27-38)51(53)54)46-29-31-3-11-36(12-4-31)49-21-19-45-20-22-49/h5-10,13-16,27,31,36,45-46H,3-4,11-12,17-26,28-30H2,1-2H3,(H,47,52). The summed E-state index contributed by atoms with van der Waals surface area (Å²) in [5.41, 5.74) is 5.54. The normalized spacial score (nSPS) is 22.3. The summed E-state index contributed by atoms with van der Waals surface area (Å²) < 4.78 is 28.7. The van der Waals surface area contributed by atoms with Gasteiger partial charge in [0.1, 0.15) is 5.69 Å². The van der Waals surface area contributed by atoms with Crippen LogP contribution >= 0.6 is 11.6 Å². The van der Waals surface area contributed by atoms with Crippen LogP contribution in [-0.2, 0) is 10.0 Å². The van der Waals surface area contributed by atoms with Crippen LogP contribution in [-0.4, -0.2) is 101 Å². The number of rotatable bonds is 12. The highest BCUT2D eigenvalue weighted by Crippen LogP contribution is 2.43. The summed E-state index contributed by atoms with van der Waals surface area (Å²) in [4.78, 5) is 31.6. The molecule has 57 heavy (non-hydrogen) atoms. The van der Waals surface area contributed by atoms with Gasteiger partial charge in [-0.05, 0) is 116 Å². The van der Waals surface area contributed by atoms with Crippen molar-refractivity contribution >= 4 is 50.2 Å². The molecule has 0 aromatic heterocycles. The second-order valence-corrected chi connectivity index (χ2v) is 19.1. The lowest BCUT2D eigenvalue weighted by atomic mass is 9.73. The molecule has 0 unspecified atom stereocenters. The molecule has 0 atom stereocenters. The number of anilines is 2. The van der Waals surface area contributed by atoms with E-state index in [0.717, 1.165) is 121 Å². The molecule has 2 heterocycles. The number of carbonyl (C=O) groups is 1. The summed E-state index contributed by atoms with van der Waals surface area (Å²) in [6, 6.07) is 19.5. The topological polar surface area (TPSA) is 140 Å². The number of allylic oxidation sites excluding steroid dienone is 1. The van der Waals surface area contributed by atoms with E-state index in [9.17, 15) is 23.3 Å². The molecule has 3 fully saturated rings. The summed E-state index contributed by atoms with van der Waals surface area (Å²) >= 11 is 6.19. The first-order valence-electron chi connectivity index (χ1n) is 20.4. The number of amides is 1. The number of benzene rings is 3. The Balaban J connectivity index is 0.916. The molecule has 3 N–H and O–H groups in total. The van der Waals surface area contributed by atoms with Crippen LogP contribution in [0.1, 0.15) is 74.7 Å². The van der Waals surface area contributed by atoms with Gasteiger partial charge in [0.15, 0.2) is 0 Å². The van der Waals surface area contributed by atoms with Crippen LogP contribution in [0.4, 0.5) is 17.1 Å². The van der Waals surface area contributed by atoms with Crippen molar-refractivity contribution in [3.8, 4) is 0 Å². The second kappa shape index (κ2) is 17.9. The van der Waals surface area contributed by atoms with Crippen LogP contribution in [0, 0.1) is 21.4 Å². The fourth-order valence-corrected chi connectivity index (χ4v) is 10.2. The molecule has 2 aliphatic heterocycles. The van der Waals surface area contributed by atoms with Crippen molar-refractivity contribution < 1.29 is 18.1 Å². The fourth-order valence-electron chi connectivity index (χ4n) is 9.06. The quantitative estimate of drug-likeness (QED) is 0.129. The molecule has 4 aliphatic rings. The predicted octanol–water partition coefficient (Wildman–Crippen LogP) is 7.03. The molecule has 0 radical (unpaired) electrons. The molecular formula is C43H56ClN7O5S. The Kier molecular flexibility index (Phi) is 12.9. The van der Waals surface area contributed by atoms with Gasteiger partial charge in [-0.3, -0.25) is 24.7 Å². The lowest BCUT2D eigenvalue weighted by Crippen LogP contribution is -2.49. The summed E-state index contributed by atoms with van der Waals surface area (Å²) in [5.74, 6) is -0.415. The monoisotopic (exact) mass is 817 g/mol. The van der Waals surface area contributed by atoms with Crippen LogP contribution in [0.25, 0.3) is 5.57 Å². The Hall–Kier alpha value is -4.01. The first-order valence-corrected chi connectivity index (χ1v) is 22.3. The Labute approximate surface area is 342 Å². The minimum absolute atomic E-state index is 0.182. The summed E-state index contributed by atoms with van der Waals surface area (Å²) in [6.45, 7) is 13.9. The van der Waals surface area contributed by atoms with Gasteiger partial charge in [-0.25, -0.2) is 13.1 Å². The van der Waals surface area contributed by atoms with E-state index in [4.69, 9.17) is 11.6 Å². The molecule has 12 nitrogen and oxygen atoms in total. The van der Waals surface area contributed by atoms with Crippen molar-refractivity contribution in [3.05, 3.63) is 98.6 Å². The van der Waals surface area contributed by atoms with Gasteiger partial charge < -0.3 is 15.5 Å². The zero-order chi connectivity index (χ0) is 40.2. The van der Waals surface area contributed by atoms with Gasteiger partial charge in [0.05, 0.1) is 9.82 Å². The van der Waals surface area contributed by atoms with E-state index in [1.807, 2.05) is 24.3 Å². The highest BCUT2D eigenvalue weighted by atomic mass is 35.5. The SMILES string of the molecule is CC1(C)CCC(c2ccc(Cl)cc2)=C(CN2CCN(c3ccc(C(=O)NS(=O)(=O)c4ccc(NCC5CCC(N6CCNCC6)CC5)c([N+](=O)[O-])c4)cc3)CC2)C1. The molecule has 14 heteroatoms. The molecule has 7 rings (SSSR count). The fraction of sp³-hybridized carbons (Fsp3) is 0.512. The Morgan fingerprint density at radius 3 is 2.28 bits per heavy atom. The molecule has 1 amide bonds. The molecular weight excluding hydrogens is 762 g/mol. The van der Waals surface area contributed by atoms with Crippen LogP contribution in [0.5, 0.6) is 0 Å². The highest BCUT2D eigenvalue weighted by molar-refractivity contribution is 7.90. The maximum atomic E-state index is 13.3. The lowest BCUT2D eigenvalue weighted by molar-refractivity contribution is -0.384. The number of nitro groups is 1. The molecule has 3 aromatic rings. The molecule has 2 saturated heterocycles. The molecule has 306 valence electrons. The van der Waals surface area contributed by atoms with Gasteiger partial charge in [0.2, 0.25) is 0 Å². The molecule has 3 aromatic carbocycles. The number of nitro benzene ring substituents is 1. The first-order chi connectivity index (χ1) is 27.3. The van der Waals surface area contributed by atoms with E-state index in [0.29, 0.717) is 18.5 Å². The smallest absolute Gasteiger partial charge is 0.293 e. The van der Waals surface area contributed by atoms with Crippen LogP contribution in [0.15, 0.2) is 77.2 Å². The molecule has 1 saturated carbocycles. The van der Waals surface area contributed by atoms with Crippen molar-refractivity contribution in [2.24, 2.45) is 11.3 Å². The number of carbonyl (C=O) groups excluding carboxylic acids is 1. The molecule has 0 spiro atoms. The van der Waals surface area contributed by atoms with Crippen molar-refractivity contribution in [2.45, 2.75) is 69.7 Å². The number of hydrogen-bond donors (Lipinski definition) is 3. The van der Waals surface area contributed by atoms with Crippen LogP contribution in [0.3, 0.4) is 0 Å². The minimum atomic E-state index is -4.38. The van der Waals surface area contributed by atoms with Crippen LogP contribution in [0.2, 0.25) is 5.02 Å². The Bertz CT molecular complexity index is 2040. The van der Waals surface area contributed by atoms with Gasteiger partial charge in [-0.15, -0.1) is 0 Å². The van der Waals surface area contributed by atoms with E-state index in [1.165, 1.54) is 28.8 Å². The van der Waals surface area contributed by atoms with Crippen LogP contribution < -0.4 is 20.3 Å². The van der Waals surface area contributed by atoms with Gasteiger partial charge in [-0.2, -0.15) is 0 Å². The van der Waals surface area contributed by atoms with E-state index >= 15 is 0 Å². The van der Waals surface area contributed by atoms with Gasteiger partial charge in [0.25, 0.3) is 21.6 Å². The molecule has 0 bridgehead atoms. The van der Waals surface area contributed by atoms with E-state index in [1.54, 1.807) is 12.1 Å². The summed E-state index contributed by atoms with van der Waals surface area (Å²) in [6.07, 6.45) is 7.59. The number of sulfonamides is 1. The second-order valence-electron chi connectivity index (χ2n) is 17.0. The number of halogens is 1. The van der Waals surface area contributed by atoms with Crippen molar-refractivity contribution in [2.75, 3.05) is 75.7 Å². The summed E-state index contributed by atoms with van der Waals surface area (Å²) in [7, 11) is -4.38. The number of nitrogens with zero attached hydrogens (tertiary/aromatic N) is 4. The Morgan fingerprint density at radius 1 is 0.930 bits per heavy atom. The largest absolute Gasteiger partial charge is 0.379 e. The third kappa shape index (κ3) is 10.4. The van der Waals surface area contributed by atoms with Gasteiger partial charge >= 0.3 is 0 Å². The van der Waals surface area contributed by atoms with E-state index in [2.05, 4.69) is 56.0 Å². The lowest BCUT2D eigenvalue weighted by Gasteiger charge is -2.39. The third-order valence-electron chi connectivity index (χ3n) is 12.4. The van der Waals surface area contributed by atoms with Crippen molar-refractivity contribution in [3.63, 3.8) is 0 Å². The van der Waals surface area contributed by atoms with E-state index in [-0.39, 0.29) is 27.2 Å². The number of hydrogen-bond acceptors (Lipinski definition) is 10. The maximum Gasteiger partial charge on any atom is 0.293 e. The minimum Gasteiger partial charge on any atom is -0.379 e. The zero-order valence-electron chi connectivity index (χ0n) is 33.1. The average molecular weight is 818 g/mol. The number of nitrogens with one attached hydrogen (secondary N) is 3. The maximum absolute atomic E-state index is 13.3.